The van der Waals surface area contributed by atoms with Gasteiger partial charge in [-0.2, -0.15) is 0 Å². The Morgan fingerprint density at radius 3 is 2.70 bits per heavy atom. The lowest BCUT2D eigenvalue weighted by Crippen LogP contribution is -2.43. The maximum absolute atomic E-state index is 5.98. The molecule has 138 valence electrons. The number of hydrogen-bond donors (Lipinski definition) is 1. The van der Waals surface area contributed by atoms with Gasteiger partial charge in [0.05, 0.1) is 16.5 Å². The Morgan fingerprint density at radius 2 is 1.89 bits per heavy atom. The average molecular weight is 378 g/mol. The Labute approximate surface area is 164 Å². The first-order chi connectivity index (χ1) is 13.2. The van der Waals surface area contributed by atoms with E-state index < -0.39 is 0 Å². The van der Waals surface area contributed by atoms with Gasteiger partial charge in [-0.05, 0) is 31.4 Å². The first-order valence-electron chi connectivity index (χ1n) is 9.31. The predicted octanol–water partition coefficient (Wildman–Crippen LogP) is 4.79. The molecular weight excluding hydrogens is 354 g/mol. The van der Waals surface area contributed by atoms with Crippen molar-refractivity contribution in [3.63, 3.8) is 0 Å². The van der Waals surface area contributed by atoms with Crippen LogP contribution in [0.3, 0.4) is 0 Å². The van der Waals surface area contributed by atoms with Crippen molar-refractivity contribution < 1.29 is 9.47 Å². The zero-order valence-corrected chi connectivity index (χ0v) is 16.2. The highest BCUT2D eigenvalue weighted by Gasteiger charge is 2.25. The second-order valence-electron chi connectivity index (χ2n) is 6.79. The van der Waals surface area contributed by atoms with Gasteiger partial charge in [-0.1, -0.05) is 60.4 Å². The van der Waals surface area contributed by atoms with E-state index in [0.717, 1.165) is 18.4 Å². The Bertz CT molecular complexity index is 970. The Hall–Kier alpha value is -2.16. The molecule has 27 heavy (non-hydrogen) atoms. The molecule has 3 nitrogen and oxygen atoms in total. The van der Waals surface area contributed by atoms with E-state index in [0.29, 0.717) is 6.61 Å². The van der Waals surface area contributed by atoms with Gasteiger partial charge in [0.15, 0.2) is 6.29 Å². The van der Waals surface area contributed by atoms with Crippen LogP contribution >= 0.6 is 11.3 Å². The van der Waals surface area contributed by atoms with Crippen molar-refractivity contribution in [1.82, 2.24) is 0 Å². The summed E-state index contributed by atoms with van der Waals surface area (Å²) in [5, 5.41) is 1.20. The molecule has 1 fully saturated rings. The smallest absolute Gasteiger partial charge is 0.159 e. The van der Waals surface area contributed by atoms with Crippen molar-refractivity contribution in [2.75, 3.05) is 6.61 Å². The van der Waals surface area contributed by atoms with Gasteiger partial charge in [0, 0.05) is 16.1 Å². The van der Waals surface area contributed by atoms with E-state index in [1.165, 1.54) is 20.5 Å². The summed E-state index contributed by atoms with van der Waals surface area (Å²) in [4.78, 5) is 1.21. The zero-order chi connectivity index (χ0) is 18.6. The maximum atomic E-state index is 5.98. The minimum atomic E-state index is -0.207. The topological polar surface area (TPSA) is 44.5 Å². The lowest BCUT2D eigenvalue weighted by atomic mass is 10.0. The van der Waals surface area contributed by atoms with E-state index in [2.05, 4.69) is 60.4 Å². The summed E-state index contributed by atoms with van der Waals surface area (Å²) < 4.78 is 12.8. The molecular formula is C23H23NO2S. The van der Waals surface area contributed by atoms with Crippen LogP contribution in [-0.4, -0.2) is 25.0 Å². The van der Waals surface area contributed by atoms with Crippen LogP contribution in [0.15, 0.2) is 54.6 Å². The molecule has 2 N–H and O–H groups in total. The quantitative estimate of drug-likeness (QED) is 0.668. The van der Waals surface area contributed by atoms with Crippen LogP contribution in [0.25, 0.3) is 20.5 Å². The van der Waals surface area contributed by atoms with Gasteiger partial charge >= 0.3 is 0 Å². The molecule has 3 aromatic rings. The lowest BCUT2D eigenvalue weighted by Gasteiger charge is -2.31. The van der Waals surface area contributed by atoms with Gasteiger partial charge in [0.25, 0.3) is 0 Å². The molecule has 2 heterocycles. The van der Waals surface area contributed by atoms with Gasteiger partial charge in [0.1, 0.15) is 6.61 Å². The number of benzene rings is 2. The summed E-state index contributed by atoms with van der Waals surface area (Å²) in [5.74, 6) is 6.54. The molecule has 1 saturated heterocycles. The van der Waals surface area contributed by atoms with Gasteiger partial charge in [-0.25, -0.2) is 0 Å². The van der Waals surface area contributed by atoms with Crippen LogP contribution in [-0.2, 0) is 9.47 Å². The predicted molar refractivity (Wildman–Crippen MR) is 112 cm³/mol. The highest BCUT2D eigenvalue weighted by Crippen LogP contribution is 2.37. The van der Waals surface area contributed by atoms with E-state index >= 15 is 0 Å². The van der Waals surface area contributed by atoms with Crippen molar-refractivity contribution in [1.29, 1.82) is 0 Å². The Morgan fingerprint density at radius 1 is 1.11 bits per heavy atom. The highest BCUT2D eigenvalue weighted by atomic mass is 32.1. The fourth-order valence-corrected chi connectivity index (χ4v) is 4.48. The number of nitrogens with two attached hydrogens (primary N) is 1. The number of rotatable bonds is 3. The molecule has 4 rings (SSSR count). The second-order valence-corrected chi connectivity index (χ2v) is 7.85. The van der Waals surface area contributed by atoms with Crippen LogP contribution in [0, 0.1) is 11.8 Å². The summed E-state index contributed by atoms with van der Waals surface area (Å²) in [6, 6.07) is 18.9. The third-order valence-corrected chi connectivity index (χ3v) is 6.11. The molecule has 0 unspecified atom stereocenters. The van der Waals surface area contributed by atoms with Crippen LogP contribution < -0.4 is 5.73 Å². The monoisotopic (exact) mass is 377 g/mol. The van der Waals surface area contributed by atoms with Crippen molar-refractivity contribution in [3.8, 4) is 22.3 Å². The SMILES string of the molecule is C[C@@H]1O[C@@H](OCC#Cc2c(-c3ccccc3)sc3ccccc23)CC[C@@H]1N. The molecule has 0 radical (unpaired) electrons. The highest BCUT2D eigenvalue weighted by molar-refractivity contribution is 7.22. The van der Waals surface area contributed by atoms with E-state index in [1.54, 1.807) is 11.3 Å². The summed E-state index contributed by atoms with van der Waals surface area (Å²) >= 11 is 1.78. The maximum Gasteiger partial charge on any atom is 0.159 e. The fraction of sp³-hybridized carbons (Fsp3) is 0.304. The van der Waals surface area contributed by atoms with Crippen LogP contribution in [0.1, 0.15) is 25.3 Å². The first kappa shape index (κ1) is 18.2. The van der Waals surface area contributed by atoms with E-state index in [4.69, 9.17) is 15.2 Å². The fourth-order valence-electron chi connectivity index (χ4n) is 3.32. The van der Waals surface area contributed by atoms with Crippen molar-refractivity contribution in [2.24, 2.45) is 5.73 Å². The molecule has 2 aromatic carbocycles. The molecule has 4 heteroatoms. The number of fused-ring (bicyclic) bond motifs is 1. The Kier molecular flexibility index (Phi) is 5.56. The molecule has 1 aliphatic rings. The molecule has 0 bridgehead atoms. The average Bonchev–Trinajstić information content (AvgIpc) is 3.07. The molecule has 0 saturated carbocycles. The summed E-state index contributed by atoms with van der Waals surface area (Å²) in [7, 11) is 0. The van der Waals surface area contributed by atoms with Crippen molar-refractivity contribution in [3.05, 3.63) is 60.2 Å². The van der Waals surface area contributed by atoms with Crippen LogP contribution in [0.5, 0.6) is 0 Å². The number of thiophene rings is 1. The van der Waals surface area contributed by atoms with E-state index in [-0.39, 0.29) is 18.4 Å². The molecule has 0 spiro atoms. The number of ether oxygens (including phenoxy) is 2. The van der Waals surface area contributed by atoms with Crippen LogP contribution in [0.4, 0.5) is 0 Å². The van der Waals surface area contributed by atoms with Gasteiger partial charge in [-0.3, -0.25) is 0 Å². The second kappa shape index (κ2) is 8.24. The van der Waals surface area contributed by atoms with Gasteiger partial charge in [0.2, 0.25) is 0 Å². The first-order valence-corrected chi connectivity index (χ1v) is 10.1. The Balaban J connectivity index is 1.55. The molecule has 3 atom stereocenters. The largest absolute Gasteiger partial charge is 0.348 e. The van der Waals surface area contributed by atoms with Crippen LogP contribution in [0.2, 0.25) is 0 Å². The minimum Gasteiger partial charge on any atom is -0.348 e. The van der Waals surface area contributed by atoms with Gasteiger partial charge in [-0.15, -0.1) is 11.3 Å². The molecule has 1 aliphatic heterocycles. The molecule has 0 amide bonds. The third-order valence-electron chi connectivity index (χ3n) is 4.89. The standard InChI is InChI=1S/C23H23NO2S/c1-16-20(24)13-14-22(26-16)25-15-7-11-19-18-10-5-6-12-21(18)27-23(19)17-8-3-2-4-9-17/h2-6,8-10,12,16,20,22H,13-15,24H2,1H3/t16-,20-,22+/m0/s1. The third kappa shape index (κ3) is 4.07. The molecule has 1 aromatic heterocycles. The summed E-state index contributed by atoms with van der Waals surface area (Å²) in [6.07, 6.45) is 1.57. The number of hydrogen-bond acceptors (Lipinski definition) is 4. The molecule has 0 aliphatic carbocycles. The lowest BCUT2D eigenvalue weighted by molar-refractivity contribution is -0.187. The van der Waals surface area contributed by atoms with Gasteiger partial charge < -0.3 is 15.2 Å². The van der Waals surface area contributed by atoms with E-state index in [9.17, 15) is 0 Å². The summed E-state index contributed by atoms with van der Waals surface area (Å²) in [5.41, 5.74) is 8.25. The summed E-state index contributed by atoms with van der Waals surface area (Å²) in [6.45, 7) is 2.35. The minimum absolute atomic E-state index is 0.0298. The van der Waals surface area contributed by atoms with Crippen molar-refractivity contribution >= 4 is 21.4 Å². The van der Waals surface area contributed by atoms with Crippen molar-refractivity contribution in [2.45, 2.75) is 38.2 Å². The van der Waals surface area contributed by atoms with E-state index in [1.807, 2.05) is 13.0 Å². The zero-order valence-electron chi connectivity index (χ0n) is 15.4. The normalized spacial score (nSPS) is 22.4.